The number of pyridine rings is 1. The number of rotatable bonds is 3. The molecule has 4 nitrogen and oxygen atoms in total. The molecule has 3 N–H and O–H groups in total. The highest BCUT2D eigenvalue weighted by Crippen LogP contribution is 2.29. The number of para-hydroxylation sites is 1. The summed E-state index contributed by atoms with van der Waals surface area (Å²) in [6.45, 7) is 0. The third-order valence-corrected chi connectivity index (χ3v) is 4.23. The third-order valence-electron chi connectivity index (χ3n) is 4.23. The Balaban J connectivity index is 1.82. The zero-order valence-electron chi connectivity index (χ0n) is 13.4. The van der Waals surface area contributed by atoms with Crippen molar-refractivity contribution in [2.45, 2.75) is 0 Å². The Morgan fingerprint density at radius 2 is 1.83 bits per heavy atom. The van der Waals surface area contributed by atoms with E-state index in [4.69, 9.17) is 5.73 Å². The van der Waals surface area contributed by atoms with E-state index >= 15 is 0 Å². The number of hydrogen-bond donors (Lipinski definition) is 2. The Morgan fingerprint density at radius 3 is 2.67 bits per heavy atom. The van der Waals surface area contributed by atoms with Crippen molar-refractivity contribution in [3.63, 3.8) is 0 Å². The fourth-order valence-corrected chi connectivity index (χ4v) is 2.96. The Kier molecular flexibility index (Phi) is 3.43. The van der Waals surface area contributed by atoms with E-state index in [-0.39, 0.29) is 0 Å². The first kappa shape index (κ1) is 14.3. The fourth-order valence-electron chi connectivity index (χ4n) is 2.96. The van der Waals surface area contributed by atoms with Crippen molar-refractivity contribution < 1.29 is 0 Å². The Bertz CT molecular complexity index is 1020. The van der Waals surface area contributed by atoms with Gasteiger partial charge >= 0.3 is 0 Å². The van der Waals surface area contributed by atoms with Crippen LogP contribution in [0.1, 0.15) is 0 Å². The third kappa shape index (κ3) is 2.38. The van der Waals surface area contributed by atoms with Crippen molar-refractivity contribution in [3.05, 3.63) is 73.1 Å². The lowest BCUT2D eigenvalue weighted by Gasteiger charge is -2.08. The average Bonchev–Trinajstić information content (AvgIpc) is 3.05. The van der Waals surface area contributed by atoms with Gasteiger partial charge < -0.3 is 11.1 Å². The molecule has 0 fully saturated rings. The van der Waals surface area contributed by atoms with Crippen molar-refractivity contribution >= 4 is 17.0 Å². The van der Waals surface area contributed by atoms with E-state index in [9.17, 15) is 0 Å². The monoisotopic (exact) mass is 314 g/mol. The van der Waals surface area contributed by atoms with Crippen LogP contribution in [-0.2, 0) is 0 Å². The summed E-state index contributed by atoms with van der Waals surface area (Å²) in [5.74, 6) is 0. The standard InChI is InChI=1S/C20H18N4/c1-22-16-6-4-5-15(11-16)19-13-23-20-12-14(9-10-24(19)20)17-7-2-3-8-18(17)21/h2-13,22H,21H2,1H3. The second-order valence-corrected chi connectivity index (χ2v) is 5.71. The molecule has 0 amide bonds. The zero-order valence-corrected chi connectivity index (χ0v) is 13.4. The number of anilines is 2. The van der Waals surface area contributed by atoms with Crippen LogP contribution in [0.3, 0.4) is 0 Å². The molecular weight excluding hydrogens is 296 g/mol. The predicted octanol–water partition coefficient (Wildman–Crippen LogP) is 4.29. The van der Waals surface area contributed by atoms with Crippen LogP contribution < -0.4 is 11.1 Å². The summed E-state index contributed by atoms with van der Waals surface area (Å²) in [5.41, 5.74) is 13.1. The maximum absolute atomic E-state index is 6.09. The van der Waals surface area contributed by atoms with E-state index in [1.807, 2.05) is 55.8 Å². The molecule has 4 rings (SSSR count). The maximum Gasteiger partial charge on any atom is 0.137 e. The summed E-state index contributed by atoms with van der Waals surface area (Å²) in [5, 5.41) is 3.17. The number of nitrogen functional groups attached to an aromatic ring is 1. The molecule has 0 radical (unpaired) electrons. The van der Waals surface area contributed by atoms with Gasteiger partial charge in [-0.3, -0.25) is 4.40 Å². The van der Waals surface area contributed by atoms with Gasteiger partial charge in [0.05, 0.1) is 11.9 Å². The van der Waals surface area contributed by atoms with Crippen LogP contribution in [0.2, 0.25) is 0 Å². The number of benzene rings is 2. The van der Waals surface area contributed by atoms with Crippen molar-refractivity contribution in [1.82, 2.24) is 9.38 Å². The highest BCUT2D eigenvalue weighted by Gasteiger charge is 2.09. The number of hydrogen-bond acceptors (Lipinski definition) is 3. The Hall–Kier alpha value is -3.27. The van der Waals surface area contributed by atoms with Crippen LogP contribution in [-0.4, -0.2) is 16.4 Å². The summed E-state index contributed by atoms with van der Waals surface area (Å²) in [6.07, 6.45) is 3.95. The van der Waals surface area contributed by atoms with E-state index < -0.39 is 0 Å². The van der Waals surface area contributed by atoms with Gasteiger partial charge in [0.2, 0.25) is 0 Å². The molecule has 0 aliphatic rings. The van der Waals surface area contributed by atoms with Crippen molar-refractivity contribution in [2.24, 2.45) is 0 Å². The first-order valence-corrected chi connectivity index (χ1v) is 7.86. The quantitative estimate of drug-likeness (QED) is 0.555. The fraction of sp³-hybridized carbons (Fsp3) is 0.0500. The van der Waals surface area contributed by atoms with Gasteiger partial charge in [0, 0.05) is 35.7 Å². The first-order chi connectivity index (χ1) is 11.8. The summed E-state index contributed by atoms with van der Waals surface area (Å²) >= 11 is 0. The molecule has 2 heterocycles. The second kappa shape index (κ2) is 5.74. The molecule has 4 aromatic rings. The lowest BCUT2D eigenvalue weighted by atomic mass is 10.1. The minimum absolute atomic E-state index is 0.773. The minimum atomic E-state index is 0.773. The minimum Gasteiger partial charge on any atom is -0.398 e. The van der Waals surface area contributed by atoms with Crippen molar-refractivity contribution in [3.8, 4) is 22.4 Å². The van der Waals surface area contributed by atoms with Gasteiger partial charge in [-0.15, -0.1) is 0 Å². The van der Waals surface area contributed by atoms with Crippen LogP contribution in [0.25, 0.3) is 28.0 Å². The number of imidazole rings is 1. The van der Waals surface area contributed by atoms with E-state index in [2.05, 4.69) is 39.0 Å². The first-order valence-electron chi connectivity index (χ1n) is 7.86. The molecule has 0 spiro atoms. The highest BCUT2D eigenvalue weighted by molar-refractivity contribution is 5.79. The molecule has 0 aliphatic carbocycles. The number of nitrogens with two attached hydrogens (primary N) is 1. The van der Waals surface area contributed by atoms with E-state index in [1.165, 1.54) is 0 Å². The van der Waals surface area contributed by atoms with Crippen LogP contribution >= 0.6 is 0 Å². The molecule has 2 aromatic carbocycles. The normalized spacial score (nSPS) is 10.9. The summed E-state index contributed by atoms with van der Waals surface area (Å²) < 4.78 is 2.09. The van der Waals surface area contributed by atoms with Gasteiger partial charge in [0.25, 0.3) is 0 Å². The molecule has 0 aliphatic heterocycles. The molecule has 0 atom stereocenters. The van der Waals surface area contributed by atoms with Gasteiger partial charge in [0.15, 0.2) is 0 Å². The summed E-state index contributed by atoms with van der Waals surface area (Å²) in [4.78, 5) is 4.57. The van der Waals surface area contributed by atoms with Crippen LogP contribution in [0.15, 0.2) is 73.1 Å². The highest BCUT2D eigenvalue weighted by atomic mass is 15.0. The van der Waals surface area contributed by atoms with E-state index in [1.54, 1.807) is 0 Å². The molecule has 24 heavy (non-hydrogen) atoms. The molecular formula is C20H18N4. The number of fused-ring (bicyclic) bond motifs is 1. The largest absolute Gasteiger partial charge is 0.398 e. The molecule has 0 bridgehead atoms. The summed E-state index contributed by atoms with van der Waals surface area (Å²) in [6, 6.07) is 20.3. The van der Waals surface area contributed by atoms with Gasteiger partial charge in [-0.25, -0.2) is 4.98 Å². The molecule has 0 saturated heterocycles. The topological polar surface area (TPSA) is 55.3 Å². The van der Waals surface area contributed by atoms with E-state index in [0.717, 1.165) is 39.4 Å². The zero-order chi connectivity index (χ0) is 16.5. The Labute approximate surface area is 140 Å². The van der Waals surface area contributed by atoms with Gasteiger partial charge in [-0.2, -0.15) is 0 Å². The van der Waals surface area contributed by atoms with Crippen molar-refractivity contribution in [2.75, 3.05) is 18.1 Å². The van der Waals surface area contributed by atoms with Gasteiger partial charge in [-0.05, 0) is 35.9 Å². The van der Waals surface area contributed by atoms with Crippen LogP contribution in [0.5, 0.6) is 0 Å². The van der Waals surface area contributed by atoms with Crippen LogP contribution in [0.4, 0.5) is 11.4 Å². The molecule has 118 valence electrons. The average molecular weight is 314 g/mol. The van der Waals surface area contributed by atoms with Crippen LogP contribution in [0, 0.1) is 0 Å². The predicted molar refractivity (Wildman–Crippen MR) is 100 cm³/mol. The number of nitrogens with one attached hydrogen (secondary N) is 1. The second-order valence-electron chi connectivity index (χ2n) is 5.71. The van der Waals surface area contributed by atoms with Crippen molar-refractivity contribution in [1.29, 1.82) is 0 Å². The van der Waals surface area contributed by atoms with E-state index in [0.29, 0.717) is 0 Å². The number of nitrogens with zero attached hydrogens (tertiary/aromatic N) is 2. The summed E-state index contributed by atoms with van der Waals surface area (Å²) in [7, 11) is 1.92. The lowest BCUT2D eigenvalue weighted by molar-refractivity contribution is 1.19. The van der Waals surface area contributed by atoms with Gasteiger partial charge in [-0.1, -0.05) is 30.3 Å². The SMILES string of the molecule is CNc1cccc(-c2cnc3cc(-c4ccccc4N)ccn23)c1. The molecule has 4 heteroatoms. The molecule has 0 saturated carbocycles. The molecule has 0 unspecified atom stereocenters. The smallest absolute Gasteiger partial charge is 0.137 e. The van der Waals surface area contributed by atoms with Gasteiger partial charge in [0.1, 0.15) is 5.65 Å². The Morgan fingerprint density at radius 1 is 0.958 bits per heavy atom. The number of aromatic nitrogens is 2. The molecule has 2 aromatic heterocycles. The maximum atomic E-state index is 6.09. The lowest BCUT2D eigenvalue weighted by Crippen LogP contribution is -1.93.